The van der Waals surface area contributed by atoms with Gasteiger partial charge in [-0.2, -0.15) is 4.98 Å². The molecule has 1 aromatic heterocycles. The van der Waals surface area contributed by atoms with Gasteiger partial charge in [-0.05, 0) is 38.6 Å². The van der Waals surface area contributed by atoms with E-state index in [1.165, 1.54) is 70.8 Å². The van der Waals surface area contributed by atoms with E-state index < -0.39 is 0 Å². The highest BCUT2D eigenvalue weighted by atomic mass is 16.5. The number of aromatic nitrogens is 2. The highest BCUT2D eigenvalue weighted by Gasteiger charge is 2.20. The molecule has 1 aromatic rings. The lowest BCUT2D eigenvalue weighted by Gasteiger charge is -2.22. The smallest absolute Gasteiger partial charge is 0.226 e. The van der Waals surface area contributed by atoms with Crippen molar-refractivity contribution in [1.82, 2.24) is 15.5 Å². The lowest BCUT2D eigenvalue weighted by atomic mass is 9.91. The molecule has 1 saturated heterocycles. The molecular formula is C17H29N3O. The zero-order valence-electron chi connectivity index (χ0n) is 13.1. The first-order valence-electron chi connectivity index (χ1n) is 8.97. The van der Waals surface area contributed by atoms with Crippen LogP contribution in [-0.4, -0.2) is 22.7 Å². The highest BCUT2D eigenvalue weighted by Crippen LogP contribution is 2.29. The number of aryl methyl sites for hydroxylation is 1. The number of rotatable bonds is 4. The van der Waals surface area contributed by atoms with Crippen molar-refractivity contribution in [1.29, 1.82) is 0 Å². The third kappa shape index (κ3) is 4.53. The molecule has 1 unspecified atom stereocenters. The van der Waals surface area contributed by atoms with Crippen LogP contribution in [-0.2, 0) is 6.42 Å². The first-order chi connectivity index (χ1) is 10.4. The Morgan fingerprint density at radius 2 is 1.71 bits per heavy atom. The molecule has 0 amide bonds. The standard InChI is InChI=1S/C17H29N3O/c1-2-4-8-14(9-5-3-1)17-19-16(21-20-17)12-11-15-10-6-7-13-18-15/h14-15,18H,1-13H2. The largest absolute Gasteiger partial charge is 0.339 e. The molecule has 2 fully saturated rings. The van der Waals surface area contributed by atoms with Crippen LogP contribution < -0.4 is 5.32 Å². The molecule has 1 aliphatic heterocycles. The summed E-state index contributed by atoms with van der Waals surface area (Å²) in [6, 6.07) is 0.649. The molecule has 0 aromatic carbocycles. The minimum absolute atomic E-state index is 0.538. The van der Waals surface area contributed by atoms with E-state index in [9.17, 15) is 0 Å². The second kappa shape index (κ2) is 7.92. The van der Waals surface area contributed by atoms with E-state index in [0.29, 0.717) is 12.0 Å². The van der Waals surface area contributed by atoms with Crippen molar-refractivity contribution in [3.05, 3.63) is 11.7 Å². The maximum absolute atomic E-state index is 5.49. The lowest BCUT2D eigenvalue weighted by molar-refractivity contribution is 0.336. The topological polar surface area (TPSA) is 51.0 Å². The van der Waals surface area contributed by atoms with Crippen LogP contribution in [0.3, 0.4) is 0 Å². The van der Waals surface area contributed by atoms with Crippen LogP contribution in [0.4, 0.5) is 0 Å². The van der Waals surface area contributed by atoms with Crippen LogP contribution in [0.15, 0.2) is 4.52 Å². The van der Waals surface area contributed by atoms with Gasteiger partial charge < -0.3 is 9.84 Å². The van der Waals surface area contributed by atoms with E-state index in [2.05, 4.69) is 15.5 Å². The zero-order valence-corrected chi connectivity index (χ0v) is 13.1. The van der Waals surface area contributed by atoms with Crippen LogP contribution in [0.25, 0.3) is 0 Å². The second-order valence-electron chi connectivity index (χ2n) is 6.77. The molecule has 21 heavy (non-hydrogen) atoms. The van der Waals surface area contributed by atoms with Gasteiger partial charge in [-0.25, -0.2) is 0 Å². The summed E-state index contributed by atoms with van der Waals surface area (Å²) in [6.45, 7) is 1.17. The maximum atomic E-state index is 5.49. The van der Waals surface area contributed by atoms with Crippen LogP contribution in [0.2, 0.25) is 0 Å². The molecule has 1 aliphatic carbocycles. The fourth-order valence-electron chi connectivity index (χ4n) is 3.72. The van der Waals surface area contributed by atoms with Crippen molar-refractivity contribution < 1.29 is 4.52 Å². The van der Waals surface area contributed by atoms with Crippen molar-refractivity contribution in [3.63, 3.8) is 0 Å². The van der Waals surface area contributed by atoms with E-state index in [-0.39, 0.29) is 0 Å². The second-order valence-corrected chi connectivity index (χ2v) is 6.77. The van der Waals surface area contributed by atoms with Gasteiger partial charge in [0.2, 0.25) is 5.89 Å². The third-order valence-corrected chi connectivity index (χ3v) is 5.07. The maximum Gasteiger partial charge on any atom is 0.226 e. The van der Waals surface area contributed by atoms with Gasteiger partial charge in [0.1, 0.15) is 0 Å². The number of nitrogens with one attached hydrogen (secondary N) is 1. The Kier molecular flexibility index (Phi) is 5.67. The number of hydrogen-bond donors (Lipinski definition) is 1. The number of nitrogens with zero attached hydrogens (tertiary/aromatic N) is 2. The summed E-state index contributed by atoms with van der Waals surface area (Å²) < 4.78 is 5.49. The monoisotopic (exact) mass is 291 g/mol. The zero-order chi connectivity index (χ0) is 14.3. The molecule has 2 heterocycles. The van der Waals surface area contributed by atoms with E-state index in [0.717, 1.165) is 24.6 Å². The van der Waals surface area contributed by atoms with E-state index >= 15 is 0 Å². The molecule has 3 rings (SSSR count). The Morgan fingerprint density at radius 1 is 0.952 bits per heavy atom. The van der Waals surface area contributed by atoms with E-state index in [1.54, 1.807) is 0 Å². The summed E-state index contributed by atoms with van der Waals surface area (Å²) in [5.41, 5.74) is 0. The van der Waals surface area contributed by atoms with Crippen molar-refractivity contribution in [2.75, 3.05) is 6.54 Å². The van der Waals surface area contributed by atoms with Crippen molar-refractivity contribution in [3.8, 4) is 0 Å². The van der Waals surface area contributed by atoms with E-state index in [4.69, 9.17) is 4.52 Å². The van der Waals surface area contributed by atoms with Crippen LogP contribution in [0, 0.1) is 0 Å². The summed E-state index contributed by atoms with van der Waals surface area (Å²) in [5.74, 6) is 2.36. The predicted octanol–water partition coefficient (Wildman–Crippen LogP) is 3.97. The van der Waals surface area contributed by atoms with Gasteiger partial charge in [0.25, 0.3) is 0 Å². The molecule has 4 heteroatoms. The molecule has 0 bridgehead atoms. The molecule has 0 radical (unpaired) electrons. The fourth-order valence-corrected chi connectivity index (χ4v) is 3.72. The lowest BCUT2D eigenvalue weighted by Crippen LogP contribution is -2.34. The molecule has 1 N–H and O–H groups in total. The van der Waals surface area contributed by atoms with E-state index in [1.807, 2.05) is 0 Å². The molecule has 1 atom stereocenters. The SMILES string of the molecule is C1CCCC(c2noc(CCC3CCCCN3)n2)CCC1. The van der Waals surface area contributed by atoms with Crippen LogP contribution >= 0.6 is 0 Å². The number of piperidine rings is 1. The van der Waals surface area contributed by atoms with Crippen molar-refractivity contribution >= 4 is 0 Å². The van der Waals surface area contributed by atoms with Crippen LogP contribution in [0.5, 0.6) is 0 Å². The Hall–Kier alpha value is -0.900. The fraction of sp³-hybridized carbons (Fsp3) is 0.882. The molecule has 0 spiro atoms. The average Bonchev–Trinajstić information content (AvgIpc) is 2.95. The van der Waals surface area contributed by atoms with Crippen molar-refractivity contribution in [2.45, 2.75) is 89.0 Å². The Morgan fingerprint density at radius 3 is 2.48 bits per heavy atom. The van der Waals surface area contributed by atoms with Gasteiger partial charge in [0.05, 0.1) is 0 Å². The van der Waals surface area contributed by atoms with Gasteiger partial charge in [0.15, 0.2) is 5.82 Å². The number of hydrogen-bond acceptors (Lipinski definition) is 4. The van der Waals surface area contributed by atoms with Gasteiger partial charge in [-0.1, -0.05) is 43.7 Å². The van der Waals surface area contributed by atoms with Gasteiger partial charge in [-0.15, -0.1) is 0 Å². The Balaban J connectivity index is 1.50. The molecule has 2 aliphatic rings. The molecule has 118 valence electrons. The predicted molar refractivity (Wildman–Crippen MR) is 83.3 cm³/mol. The van der Waals surface area contributed by atoms with Crippen molar-refractivity contribution in [2.24, 2.45) is 0 Å². The summed E-state index contributed by atoms with van der Waals surface area (Å²) in [5, 5.41) is 7.85. The summed E-state index contributed by atoms with van der Waals surface area (Å²) in [4.78, 5) is 4.69. The minimum atomic E-state index is 0.538. The minimum Gasteiger partial charge on any atom is -0.339 e. The highest BCUT2D eigenvalue weighted by molar-refractivity contribution is 4.96. The Bertz CT molecular complexity index is 404. The van der Waals surface area contributed by atoms with Gasteiger partial charge in [-0.3, -0.25) is 0 Å². The van der Waals surface area contributed by atoms with Gasteiger partial charge >= 0.3 is 0 Å². The third-order valence-electron chi connectivity index (χ3n) is 5.07. The van der Waals surface area contributed by atoms with Crippen LogP contribution in [0.1, 0.15) is 88.3 Å². The quantitative estimate of drug-likeness (QED) is 0.912. The Labute approximate surface area is 128 Å². The molecular weight excluding hydrogens is 262 g/mol. The first kappa shape index (κ1) is 15.0. The normalized spacial score (nSPS) is 25.4. The van der Waals surface area contributed by atoms with Gasteiger partial charge in [0, 0.05) is 18.4 Å². The summed E-state index contributed by atoms with van der Waals surface area (Å²) in [6.07, 6.45) is 15.3. The molecule has 1 saturated carbocycles. The molecule has 4 nitrogen and oxygen atoms in total. The average molecular weight is 291 g/mol. The first-order valence-corrected chi connectivity index (χ1v) is 8.97. The summed E-state index contributed by atoms with van der Waals surface area (Å²) in [7, 11) is 0. The summed E-state index contributed by atoms with van der Waals surface area (Å²) >= 11 is 0.